The summed E-state index contributed by atoms with van der Waals surface area (Å²) in [5.74, 6) is -0.401. The van der Waals surface area contributed by atoms with Crippen molar-refractivity contribution in [1.29, 1.82) is 0 Å². The lowest BCUT2D eigenvalue weighted by atomic mass is 10.1. The van der Waals surface area contributed by atoms with E-state index in [1.165, 1.54) is 42.5 Å². The summed E-state index contributed by atoms with van der Waals surface area (Å²) in [6.07, 6.45) is -3.36. The minimum Gasteiger partial charge on any atom is -0.279 e. The average molecular weight is 282 g/mol. The van der Waals surface area contributed by atoms with Crippen molar-refractivity contribution >= 4 is 11.9 Å². The van der Waals surface area contributed by atoms with Gasteiger partial charge in [0.15, 0.2) is 0 Å². The molecule has 2 rings (SSSR count). The fourth-order valence-corrected chi connectivity index (χ4v) is 1.57. The molecular weight excluding hydrogens is 272 g/mol. The number of hydrogen-bond donors (Lipinski definition) is 1. The topological polar surface area (TPSA) is 24.4 Å². The van der Waals surface area contributed by atoms with Crippen LogP contribution < -0.4 is 5.43 Å². The number of hydrazone groups is 1. The number of benzene rings is 2. The molecule has 0 atom stereocenters. The van der Waals surface area contributed by atoms with Crippen LogP contribution in [-0.4, -0.2) is 6.21 Å². The van der Waals surface area contributed by atoms with Crippen molar-refractivity contribution in [2.75, 3.05) is 5.43 Å². The summed E-state index contributed by atoms with van der Waals surface area (Å²) in [6.45, 7) is 0. The van der Waals surface area contributed by atoms with Gasteiger partial charge in [0, 0.05) is 5.56 Å². The number of rotatable bonds is 3. The Morgan fingerprint density at radius 1 is 0.950 bits per heavy atom. The summed E-state index contributed by atoms with van der Waals surface area (Å²) in [6, 6.07) is 10.4. The highest BCUT2D eigenvalue weighted by atomic mass is 19.4. The zero-order chi connectivity index (χ0) is 14.6. The van der Waals surface area contributed by atoms with Gasteiger partial charge in [0.25, 0.3) is 0 Å². The van der Waals surface area contributed by atoms with Crippen LogP contribution in [0.15, 0.2) is 53.6 Å². The summed E-state index contributed by atoms with van der Waals surface area (Å²) >= 11 is 0. The fourth-order valence-electron chi connectivity index (χ4n) is 1.57. The van der Waals surface area contributed by atoms with Gasteiger partial charge in [-0.15, -0.1) is 0 Å². The van der Waals surface area contributed by atoms with E-state index in [0.29, 0.717) is 5.69 Å². The van der Waals surface area contributed by atoms with E-state index in [-0.39, 0.29) is 5.56 Å². The quantitative estimate of drug-likeness (QED) is 0.507. The Balaban J connectivity index is 2.14. The van der Waals surface area contributed by atoms with Crippen molar-refractivity contribution in [2.24, 2.45) is 5.10 Å². The van der Waals surface area contributed by atoms with Gasteiger partial charge in [-0.1, -0.05) is 18.2 Å². The zero-order valence-electron chi connectivity index (χ0n) is 10.2. The second-order valence-corrected chi connectivity index (χ2v) is 3.96. The monoisotopic (exact) mass is 282 g/mol. The third-order valence-corrected chi connectivity index (χ3v) is 2.51. The van der Waals surface area contributed by atoms with Crippen LogP contribution in [0.5, 0.6) is 0 Å². The van der Waals surface area contributed by atoms with Crippen LogP contribution in [0, 0.1) is 5.82 Å². The van der Waals surface area contributed by atoms with Gasteiger partial charge in [-0.05, 0) is 30.3 Å². The lowest BCUT2D eigenvalue weighted by Crippen LogP contribution is -2.08. The maximum absolute atomic E-state index is 12.7. The van der Waals surface area contributed by atoms with Crippen molar-refractivity contribution in [1.82, 2.24) is 0 Å². The lowest BCUT2D eigenvalue weighted by Gasteiger charge is -2.09. The summed E-state index contributed by atoms with van der Waals surface area (Å²) in [5, 5.41) is 3.72. The predicted octanol–water partition coefficient (Wildman–Crippen LogP) is 4.29. The molecule has 0 bridgehead atoms. The summed E-state index contributed by atoms with van der Waals surface area (Å²) in [5.41, 5.74) is 2.21. The minimum absolute atomic E-state index is 0.0467. The predicted molar refractivity (Wildman–Crippen MR) is 69.1 cm³/mol. The molecular formula is C14H10F4N2. The smallest absolute Gasteiger partial charge is 0.279 e. The van der Waals surface area contributed by atoms with Crippen molar-refractivity contribution in [2.45, 2.75) is 6.18 Å². The highest BCUT2D eigenvalue weighted by Crippen LogP contribution is 2.31. The molecule has 0 aliphatic carbocycles. The molecule has 0 spiro atoms. The third-order valence-electron chi connectivity index (χ3n) is 2.51. The van der Waals surface area contributed by atoms with Gasteiger partial charge in [0.2, 0.25) is 0 Å². The normalized spacial score (nSPS) is 11.8. The molecule has 2 aromatic carbocycles. The molecule has 0 amide bonds. The summed E-state index contributed by atoms with van der Waals surface area (Å²) in [4.78, 5) is 0. The molecule has 0 aliphatic heterocycles. The van der Waals surface area contributed by atoms with Crippen molar-refractivity contribution in [3.8, 4) is 0 Å². The first-order chi connectivity index (χ1) is 9.47. The average Bonchev–Trinajstić information content (AvgIpc) is 2.40. The standard InChI is InChI=1S/C14H10F4N2/c15-11-5-7-12(8-6-11)20-19-9-10-3-1-2-4-13(10)14(16,17)18/h1-9,20H/b19-9-. The molecule has 0 aliphatic rings. The van der Waals surface area contributed by atoms with Crippen LogP contribution in [-0.2, 0) is 6.18 Å². The maximum atomic E-state index is 12.7. The van der Waals surface area contributed by atoms with E-state index in [4.69, 9.17) is 0 Å². The molecule has 1 N–H and O–H groups in total. The molecule has 0 unspecified atom stereocenters. The van der Waals surface area contributed by atoms with Crippen LogP contribution in [0.2, 0.25) is 0 Å². The Labute approximate surface area is 112 Å². The Hall–Kier alpha value is -2.37. The molecule has 2 aromatic rings. The van der Waals surface area contributed by atoms with E-state index in [9.17, 15) is 17.6 Å². The van der Waals surface area contributed by atoms with Crippen molar-refractivity contribution in [3.05, 3.63) is 65.5 Å². The second-order valence-electron chi connectivity index (χ2n) is 3.96. The van der Waals surface area contributed by atoms with Gasteiger partial charge in [-0.3, -0.25) is 5.43 Å². The Kier molecular flexibility index (Phi) is 4.02. The molecule has 0 radical (unpaired) electrons. The molecule has 0 aromatic heterocycles. The summed E-state index contributed by atoms with van der Waals surface area (Å²) < 4.78 is 50.8. The number of nitrogens with one attached hydrogen (secondary N) is 1. The highest BCUT2D eigenvalue weighted by Gasteiger charge is 2.32. The van der Waals surface area contributed by atoms with Crippen LogP contribution in [0.1, 0.15) is 11.1 Å². The number of alkyl halides is 3. The lowest BCUT2D eigenvalue weighted by molar-refractivity contribution is -0.137. The fraction of sp³-hybridized carbons (Fsp3) is 0.0714. The van der Waals surface area contributed by atoms with E-state index in [0.717, 1.165) is 12.3 Å². The number of hydrogen-bond acceptors (Lipinski definition) is 2. The van der Waals surface area contributed by atoms with Crippen LogP contribution in [0.25, 0.3) is 0 Å². The molecule has 6 heteroatoms. The molecule has 0 heterocycles. The Morgan fingerprint density at radius 3 is 2.25 bits per heavy atom. The van der Waals surface area contributed by atoms with Crippen LogP contribution in [0.4, 0.5) is 23.2 Å². The first-order valence-electron chi connectivity index (χ1n) is 5.68. The van der Waals surface area contributed by atoms with E-state index in [1.54, 1.807) is 0 Å². The van der Waals surface area contributed by atoms with Gasteiger partial charge < -0.3 is 0 Å². The van der Waals surface area contributed by atoms with Gasteiger partial charge in [-0.25, -0.2) is 4.39 Å². The maximum Gasteiger partial charge on any atom is 0.417 e. The van der Waals surface area contributed by atoms with Crippen molar-refractivity contribution < 1.29 is 17.6 Å². The summed E-state index contributed by atoms with van der Waals surface area (Å²) in [7, 11) is 0. The minimum atomic E-state index is -4.43. The highest BCUT2D eigenvalue weighted by molar-refractivity contribution is 5.82. The van der Waals surface area contributed by atoms with E-state index >= 15 is 0 Å². The molecule has 20 heavy (non-hydrogen) atoms. The molecule has 104 valence electrons. The first-order valence-corrected chi connectivity index (χ1v) is 5.68. The number of halogens is 4. The number of nitrogens with zero attached hydrogens (tertiary/aromatic N) is 1. The first kappa shape index (κ1) is 14.0. The van der Waals surface area contributed by atoms with Crippen LogP contribution >= 0.6 is 0 Å². The Bertz CT molecular complexity index is 603. The third kappa shape index (κ3) is 3.57. The molecule has 0 fully saturated rings. The molecule has 0 saturated carbocycles. The van der Waals surface area contributed by atoms with Gasteiger partial charge in [0.1, 0.15) is 5.82 Å². The van der Waals surface area contributed by atoms with Gasteiger partial charge in [-0.2, -0.15) is 18.3 Å². The molecule has 0 saturated heterocycles. The Morgan fingerprint density at radius 2 is 1.60 bits per heavy atom. The zero-order valence-corrected chi connectivity index (χ0v) is 10.2. The number of anilines is 1. The van der Waals surface area contributed by atoms with E-state index in [2.05, 4.69) is 10.5 Å². The van der Waals surface area contributed by atoms with E-state index in [1.807, 2.05) is 0 Å². The SMILES string of the molecule is Fc1ccc(N/N=C\c2ccccc2C(F)(F)F)cc1. The van der Waals surface area contributed by atoms with E-state index < -0.39 is 17.6 Å². The van der Waals surface area contributed by atoms with Crippen molar-refractivity contribution in [3.63, 3.8) is 0 Å². The largest absolute Gasteiger partial charge is 0.417 e. The van der Waals surface area contributed by atoms with Crippen LogP contribution in [0.3, 0.4) is 0 Å². The van der Waals surface area contributed by atoms with Gasteiger partial charge >= 0.3 is 6.18 Å². The molecule has 2 nitrogen and oxygen atoms in total. The van der Waals surface area contributed by atoms with Gasteiger partial charge in [0.05, 0.1) is 17.5 Å². The second kappa shape index (κ2) is 5.73.